The number of carbonyl (C=O) groups is 1. The van der Waals surface area contributed by atoms with Crippen LogP contribution in [0, 0.1) is 0 Å². The highest BCUT2D eigenvalue weighted by Crippen LogP contribution is 2.01. The predicted octanol–water partition coefficient (Wildman–Crippen LogP) is 3.07. The van der Waals surface area contributed by atoms with Gasteiger partial charge in [0.25, 0.3) is 0 Å². The highest BCUT2D eigenvalue weighted by molar-refractivity contribution is 5.93. The summed E-state index contributed by atoms with van der Waals surface area (Å²) in [5.41, 5.74) is -0.857. The van der Waals surface area contributed by atoms with Gasteiger partial charge in [0.15, 0.2) is 5.78 Å². The van der Waals surface area contributed by atoms with E-state index in [1.54, 1.807) is 0 Å². The third-order valence-corrected chi connectivity index (χ3v) is 0.977. The molecule has 1 aromatic carbocycles. The quantitative estimate of drug-likeness (QED) is 0.664. The summed E-state index contributed by atoms with van der Waals surface area (Å²) in [6.45, 7) is -3.56. The molecule has 0 aliphatic rings. The maximum Gasteiger partial charge on any atom is 0.155 e. The molecular weight excluding hydrogens is 160 g/mol. The lowest BCUT2D eigenvalue weighted by atomic mass is 10.1. The highest BCUT2D eigenvalue weighted by Gasteiger charge is 1.92. The average Bonchev–Trinajstić information content (AvgIpc) is 2.55. The maximum absolute atomic E-state index is 12.2. The van der Waals surface area contributed by atoms with E-state index >= 15 is 0 Å². The zero-order valence-corrected chi connectivity index (χ0v) is 6.41. The second-order valence-corrected chi connectivity index (χ2v) is 1.83. The second kappa shape index (κ2) is 5.31. The standard InChI is InChI=1S/C12H14O/c1-2-6-12(13)10-9-11-7-4-3-5-8-11/h3-5,7-10H,2,6H2,1H3/b10-9+/i1D3,2D2,3D,4D,5D,6D2,7D,8D,9D,10D. The monoisotopic (exact) mass is 188 g/mol. The van der Waals surface area contributed by atoms with E-state index in [9.17, 15) is 4.79 Å². The fourth-order valence-corrected chi connectivity index (χ4v) is 0.520. The minimum Gasteiger partial charge on any atom is -0.295 e. The molecule has 0 N–H and O–H groups in total. The van der Waals surface area contributed by atoms with Crippen LogP contribution in [-0.2, 0) is 4.79 Å². The van der Waals surface area contributed by atoms with Gasteiger partial charge in [0.1, 0.15) is 0 Å². The smallest absolute Gasteiger partial charge is 0.155 e. The average molecular weight is 188 g/mol. The number of hydrogen-bond donors (Lipinski definition) is 0. The molecule has 0 saturated carbocycles. The molecule has 1 aromatic rings. The summed E-state index contributed by atoms with van der Waals surface area (Å²) < 4.78 is 104. The predicted molar refractivity (Wildman–Crippen MR) is 55.4 cm³/mol. The van der Waals surface area contributed by atoms with Gasteiger partial charge < -0.3 is 0 Å². The third-order valence-electron chi connectivity index (χ3n) is 0.977. The summed E-state index contributed by atoms with van der Waals surface area (Å²) in [6, 6.07) is -7.08. The zero-order chi connectivity index (χ0) is 21.7. The van der Waals surface area contributed by atoms with Crippen molar-refractivity contribution >= 4 is 11.8 Å². The van der Waals surface area contributed by atoms with Crippen LogP contribution in [0.15, 0.2) is 36.3 Å². The van der Waals surface area contributed by atoms with Crippen LogP contribution in [-0.4, -0.2) is 5.78 Å². The van der Waals surface area contributed by atoms with Gasteiger partial charge in [-0.15, -0.1) is 0 Å². The fraction of sp³-hybridized carbons (Fsp3) is 0.250. The lowest BCUT2D eigenvalue weighted by Crippen LogP contribution is -1.89. The van der Waals surface area contributed by atoms with Crippen molar-refractivity contribution in [2.24, 2.45) is 0 Å². The number of allylic oxidation sites excluding steroid dienone is 1. The first-order valence-electron chi connectivity index (χ1n) is 10.2. The Balaban J connectivity index is 3.67. The van der Waals surface area contributed by atoms with Gasteiger partial charge >= 0.3 is 0 Å². The van der Waals surface area contributed by atoms with Crippen LogP contribution in [0.25, 0.3) is 6.05 Å². The first-order chi connectivity index (χ1) is 11.9. The van der Waals surface area contributed by atoms with Crippen LogP contribution in [0.4, 0.5) is 0 Å². The first kappa shape index (κ1) is 2.00. The summed E-state index contributed by atoms with van der Waals surface area (Å²) in [7, 11) is 0. The summed E-state index contributed by atoms with van der Waals surface area (Å²) in [4.78, 5) is 12.2. The van der Waals surface area contributed by atoms with Crippen molar-refractivity contribution in [3.8, 4) is 0 Å². The Labute approximate surface area is 98.8 Å². The molecule has 1 heteroatoms. The molecular formula is C12H14O. The van der Waals surface area contributed by atoms with Crippen molar-refractivity contribution in [3.63, 3.8) is 0 Å². The molecule has 0 aromatic heterocycles. The van der Waals surface area contributed by atoms with Crippen molar-refractivity contribution < 1.29 is 24.0 Å². The largest absolute Gasteiger partial charge is 0.295 e. The molecule has 0 aliphatic carbocycles. The Morgan fingerprint density at radius 1 is 1.69 bits per heavy atom. The Bertz CT molecular complexity index is 789. The van der Waals surface area contributed by atoms with E-state index in [4.69, 9.17) is 19.2 Å². The minimum absolute atomic E-state index is 0.784. The molecule has 0 radical (unpaired) electrons. The van der Waals surface area contributed by atoms with Crippen LogP contribution in [0.2, 0.25) is 0 Å². The van der Waals surface area contributed by atoms with Gasteiger partial charge in [-0.2, -0.15) is 0 Å². The fourth-order valence-electron chi connectivity index (χ4n) is 0.520. The molecule has 13 heavy (non-hydrogen) atoms. The first-order valence-corrected chi connectivity index (χ1v) is 3.20. The number of benzene rings is 1. The van der Waals surface area contributed by atoms with Gasteiger partial charge in [0.05, 0.1) is 9.60 Å². The van der Waals surface area contributed by atoms with Crippen molar-refractivity contribution in [3.05, 3.63) is 41.8 Å². The lowest BCUT2D eigenvalue weighted by molar-refractivity contribution is -0.114. The van der Waals surface area contributed by atoms with Crippen LogP contribution in [0.3, 0.4) is 0 Å². The molecule has 0 aliphatic heterocycles. The molecule has 0 unspecified atom stereocenters. The molecule has 0 amide bonds. The molecule has 68 valence electrons. The van der Waals surface area contributed by atoms with Crippen molar-refractivity contribution in [2.45, 2.75) is 19.6 Å². The molecule has 0 saturated heterocycles. The second-order valence-electron chi connectivity index (χ2n) is 1.83. The summed E-state index contributed by atoms with van der Waals surface area (Å²) >= 11 is 0. The maximum atomic E-state index is 12.2. The lowest BCUT2D eigenvalue weighted by Gasteiger charge is -1.91. The van der Waals surface area contributed by atoms with Crippen molar-refractivity contribution in [1.29, 1.82) is 0 Å². The van der Waals surface area contributed by atoms with E-state index in [-0.39, 0.29) is 0 Å². The van der Waals surface area contributed by atoms with Crippen LogP contribution >= 0.6 is 0 Å². The normalized spacial score (nSPS) is 30.8. The number of hydrogen-bond acceptors (Lipinski definition) is 1. The molecule has 0 bridgehead atoms. The SMILES string of the molecule is [2H]/C(C(=O)C([2H])([2H])C([2H])([2H])C([2H])([2H])[2H])=C(/[2H])c1c([2H])c([2H])c([2H])c([2H])c1[2H]. The summed E-state index contributed by atoms with van der Waals surface area (Å²) in [5, 5.41) is 0. The van der Waals surface area contributed by atoms with Crippen LogP contribution in [0.5, 0.6) is 0 Å². The molecule has 1 rings (SSSR count). The summed E-state index contributed by atoms with van der Waals surface area (Å²) in [6.07, 6.45) is -7.45. The number of carbonyl (C=O) groups excluding carboxylic acids is 1. The minimum atomic E-state index is -3.74. The number of rotatable bonds is 4. The van der Waals surface area contributed by atoms with E-state index < -0.39 is 73.3 Å². The van der Waals surface area contributed by atoms with E-state index in [1.165, 1.54) is 0 Å². The third kappa shape index (κ3) is 3.70. The van der Waals surface area contributed by atoms with E-state index in [1.807, 2.05) is 0 Å². The van der Waals surface area contributed by atoms with Gasteiger partial charge in [-0.25, -0.2) is 0 Å². The topological polar surface area (TPSA) is 17.1 Å². The Hall–Kier alpha value is -1.37. The Kier molecular flexibility index (Phi) is 0.817. The van der Waals surface area contributed by atoms with Gasteiger partial charge in [-0.1, -0.05) is 43.1 Å². The van der Waals surface area contributed by atoms with E-state index in [0.717, 1.165) is 0 Å². The molecule has 1 nitrogen and oxygen atoms in total. The van der Waals surface area contributed by atoms with E-state index in [0.29, 0.717) is 0 Å². The Morgan fingerprint density at radius 3 is 3.15 bits per heavy atom. The molecule has 0 heterocycles. The molecule has 0 fully saturated rings. The van der Waals surface area contributed by atoms with Crippen molar-refractivity contribution in [1.82, 2.24) is 0 Å². The van der Waals surface area contributed by atoms with E-state index in [2.05, 4.69) is 0 Å². The van der Waals surface area contributed by atoms with Crippen LogP contribution in [0.1, 0.15) is 44.4 Å². The number of ketones is 1. The molecule has 0 atom stereocenters. The Morgan fingerprint density at radius 2 is 2.46 bits per heavy atom. The van der Waals surface area contributed by atoms with Gasteiger partial charge in [0, 0.05) is 16.0 Å². The van der Waals surface area contributed by atoms with Gasteiger partial charge in [-0.3, -0.25) is 4.79 Å². The zero-order valence-electron chi connectivity index (χ0n) is 20.4. The highest BCUT2D eigenvalue weighted by atomic mass is 16.1. The van der Waals surface area contributed by atoms with Crippen molar-refractivity contribution in [2.75, 3.05) is 0 Å². The van der Waals surface area contributed by atoms with Gasteiger partial charge in [0.2, 0.25) is 0 Å². The van der Waals surface area contributed by atoms with Gasteiger partial charge in [-0.05, 0) is 18.0 Å². The molecule has 0 spiro atoms. The summed E-state index contributed by atoms with van der Waals surface area (Å²) in [5.74, 6) is -2.00. The van der Waals surface area contributed by atoms with Crippen LogP contribution < -0.4 is 0 Å².